The van der Waals surface area contributed by atoms with Crippen molar-refractivity contribution in [2.24, 2.45) is 17.8 Å². The van der Waals surface area contributed by atoms with Crippen LogP contribution in [0.4, 0.5) is 8.78 Å². The second kappa shape index (κ2) is 9.71. The number of carbonyl (C=O) groups is 1. The van der Waals surface area contributed by atoms with Crippen LogP contribution in [-0.4, -0.2) is 19.2 Å². The van der Waals surface area contributed by atoms with Gasteiger partial charge < -0.3 is 9.47 Å². The van der Waals surface area contributed by atoms with E-state index in [1.807, 2.05) is 0 Å². The van der Waals surface area contributed by atoms with Gasteiger partial charge in [-0.25, -0.2) is 4.39 Å². The summed E-state index contributed by atoms with van der Waals surface area (Å²) in [7, 11) is 1.31. The van der Waals surface area contributed by atoms with E-state index in [1.54, 1.807) is 0 Å². The number of esters is 1. The summed E-state index contributed by atoms with van der Waals surface area (Å²) in [6.07, 6.45) is 9.53. The maximum Gasteiger partial charge on any atom is 0.309 e. The van der Waals surface area contributed by atoms with Gasteiger partial charge >= 0.3 is 5.97 Å². The molecule has 3 rings (SSSR count). The molecule has 0 bridgehead atoms. The largest absolute Gasteiger partial charge is 0.494 e. The van der Waals surface area contributed by atoms with Crippen molar-refractivity contribution in [3.8, 4) is 5.75 Å². The topological polar surface area (TPSA) is 35.5 Å². The Bertz CT molecular complexity index is 668. The highest BCUT2D eigenvalue weighted by Gasteiger charge is 2.31. The van der Waals surface area contributed by atoms with Crippen LogP contribution in [0.1, 0.15) is 70.3 Å². The van der Waals surface area contributed by atoms with Gasteiger partial charge in [-0.15, -0.1) is 0 Å². The monoisotopic (exact) mass is 394 g/mol. The van der Waals surface area contributed by atoms with Crippen molar-refractivity contribution in [2.75, 3.05) is 7.11 Å². The lowest BCUT2D eigenvalue weighted by molar-refractivity contribution is -0.161. The van der Waals surface area contributed by atoms with E-state index < -0.39 is 11.6 Å². The van der Waals surface area contributed by atoms with E-state index in [1.165, 1.54) is 44.9 Å². The van der Waals surface area contributed by atoms with E-state index in [2.05, 4.69) is 6.92 Å². The third kappa shape index (κ3) is 5.24. The van der Waals surface area contributed by atoms with Crippen molar-refractivity contribution < 1.29 is 23.0 Å². The number of rotatable bonds is 7. The van der Waals surface area contributed by atoms with Crippen LogP contribution in [0.15, 0.2) is 12.1 Å². The highest BCUT2D eigenvalue weighted by Crippen LogP contribution is 2.34. The minimum Gasteiger partial charge on any atom is -0.494 e. The summed E-state index contributed by atoms with van der Waals surface area (Å²) in [5.41, 5.74) is 0.294. The van der Waals surface area contributed by atoms with Crippen LogP contribution in [0.3, 0.4) is 0 Å². The van der Waals surface area contributed by atoms with Crippen LogP contribution in [0.2, 0.25) is 0 Å². The molecule has 2 fully saturated rings. The zero-order valence-electron chi connectivity index (χ0n) is 17.0. The summed E-state index contributed by atoms with van der Waals surface area (Å²) in [5, 5.41) is 0. The molecule has 1 aliphatic heterocycles. The fourth-order valence-electron chi connectivity index (χ4n) is 4.58. The molecule has 3 nitrogen and oxygen atoms in total. The number of halogens is 2. The molecule has 0 radical (unpaired) electrons. The van der Waals surface area contributed by atoms with E-state index in [0.717, 1.165) is 37.5 Å². The molecule has 1 saturated heterocycles. The fraction of sp³-hybridized carbons (Fsp3) is 0.696. The summed E-state index contributed by atoms with van der Waals surface area (Å²) in [6.45, 7) is 2.32. The van der Waals surface area contributed by atoms with Gasteiger partial charge in [0.25, 0.3) is 0 Å². The number of cyclic esters (lactones) is 1. The number of hydrogen-bond acceptors (Lipinski definition) is 3. The number of hydrogen-bond donors (Lipinski definition) is 0. The van der Waals surface area contributed by atoms with Crippen LogP contribution in [0.25, 0.3) is 0 Å². The molecule has 1 aromatic carbocycles. The second-order valence-corrected chi connectivity index (χ2v) is 8.63. The molecule has 1 heterocycles. The predicted octanol–water partition coefficient (Wildman–Crippen LogP) is 5.83. The lowest BCUT2D eigenvalue weighted by atomic mass is 9.79. The molecule has 28 heavy (non-hydrogen) atoms. The van der Waals surface area contributed by atoms with Gasteiger partial charge in [0.1, 0.15) is 6.10 Å². The standard InChI is InChI=1S/C23H32F2O3/c1-15-3-5-16(6-4-15)7-8-18-10-13-19(28-23(18)26)12-9-17-11-14-20(27-2)22(25)21(17)24/h11,14-16,18-19H,3-10,12-13H2,1-2H3. The van der Waals surface area contributed by atoms with Crippen molar-refractivity contribution in [1.29, 1.82) is 0 Å². The minimum absolute atomic E-state index is 0.00534. The molecule has 0 spiro atoms. The van der Waals surface area contributed by atoms with Crippen LogP contribution >= 0.6 is 0 Å². The van der Waals surface area contributed by atoms with E-state index >= 15 is 0 Å². The average molecular weight is 395 g/mol. The zero-order valence-corrected chi connectivity index (χ0v) is 17.0. The van der Waals surface area contributed by atoms with Crippen molar-refractivity contribution in [2.45, 2.75) is 77.2 Å². The summed E-state index contributed by atoms with van der Waals surface area (Å²) >= 11 is 0. The predicted molar refractivity (Wildman–Crippen MR) is 104 cm³/mol. The lowest BCUT2D eigenvalue weighted by Crippen LogP contribution is -2.32. The number of ether oxygens (including phenoxy) is 2. The third-order valence-electron chi connectivity index (χ3n) is 6.59. The van der Waals surface area contributed by atoms with Crippen molar-refractivity contribution in [3.63, 3.8) is 0 Å². The van der Waals surface area contributed by atoms with Gasteiger partial charge in [-0.05, 0) is 62.0 Å². The van der Waals surface area contributed by atoms with Crippen molar-refractivity contribution >= 4 is 5.97 Å². The molecule has 2 aliphatic rings. The van der Waals surface area contributed by atoms with Crippen molar-refractivity contribution in [1.82, 2.24) is 0 Å². The Kier molecular flexibility index (Phi) is 7.30. The average Bonchev–Trinajstić information content (AvgIpc) is 2.69. The smallest absolute Gasteiger partial charge is 0.309 e. The van der Waals surface area contributed by atoms with Crippen LogP contribution in [0, 0.1) is 29.4 Å². The zero-order chi connectivity index (χ0) is 20.1. The molecular formula is C23H32F2O3. The molecule has 2 unspecified atom stereocenters. The van der Waals surface area contributed by atoms with Gasteiger partial charge in [-0.1, -0.05) is 38.7 Å². The Hall–Kier alpha value is -1.65. The number of benzene rings is 1. The highest BCUT2D eigenvalue weighted by atomic mass is 19.2. The molecular weight excluding hydrogens is 362 g/mol. The summed E-state index contributed by atoms with van der Waals surface area (Å²) in [6, 6.07) is 2.97. The molecule has 156 valence electrons. The maximum absolute atomic E-state index is 14.1. The number of carbonyl (C=O) groups excluding carboxylic acids is 1. The maximum atomic E-state index is 14.1. The Labute approximate surface area is 166 Å². The molecule has 0 aromatic heterocycles. The first-order chi connectivity index (χ1) is 13.5. The SMILES string of the molecule is COc1ccc(CCC2CCC(CCC3CCC(C)CC3)C(=O)O2)c(F)c1F. The summed E-state index contributed by atoms with van der Waals surface area (Å²) < 4.78 is 38.3. The van der Waals surface area contributed by atoms with Gasteiger partial charge in [0.2, 0.25) is 5.82 Å². The first kappa shape index (κ1) is 21.1. The van der Waals surface area contributed by atoms with Crippen LogP contribution in [0.5, 0.6) is 5.75 Å². The van der Waals surface area contributed by atoms with E-state index in [0.29, 0.717) is 18.4 Å². The van der Waals surface area contributed by atoms with Crippen LogP contribution in [-0.2, 0) is 16.0 Å². The second-order valence-electron chi connectivity index (χ2n) is 8.63. The Balaban J connectivity index is 1.43. The first-order valence-corrected chi connectivity index (χ1v) is 10.7. The first-order valence-electron chi connectivity index (χ1n) is 10.7. The Morgan fingerprint density at radius 1 is 1.00 bits per heavy atom. The van der Waals surface area contributed by atoms with Gasteiger partial charge in [0.05, 0.1) is 13.0 Å². The summed E-state index contributed by atoms with van der Waals surface area (Å²) in [5.74, 6) is -0.428. The molecule has 0 amide bonds. The summed E-state index contributed by atoms with van der Waals surface area (Å²) in [4.78, 5) is 12.4. The molecule has 5 heteroatoms. The molecule has 1 aliphatic carbocycles. The fourth-order valence-corrected chi connectivity index (χ4v) is 4.58. The molecule has 1 aromatic rings. The van der Waals surface area contributed by atoms with Crippen molar-refractivity contribution in [3.05, 3.63) is 29.3 Å². The number of methoxy groups -OCH3 is 1. The quantitative estimate of drug-likeness (QED) is 0.546. The lowest BCUT2D eigenvalue weighted by Gasteiger charge is -2.30. The van der Waals surface area contributed by atoms with E-state index in [9.17, 15) is 13.6 Å². The molecule has 0 N–H and O–H groups in total. The van der Waals surface area contributed by atoms with E-state index in [4.69, 9.17) is 9.47 Å². The molecule has 1 saturated carbocycles. The minimum atomic E-state index is -0.960. The Morgan fingerprint density at radius 2 is 1.75 bits per heavy atom. The van der Waals surface area contributed by atoms with Gasteiger partial charge in [-0.2, -0.15) is 4.39 Å². The third-order valence-corrected chi connectivity index (χ3v) is 6.59. The molecule has 2 atom stereocenters. The van der Waals surface area contributed by atoms with Gasteiger partial charge in [0, 0.05) is 0 Å². The van der Waals surface area contributed by atoms with E-state index in [-0.39, 0.29) is 23.7 Å². The normalized spacial score (nSPS) is 28.1. The van der Waals surface area contributed by atoms with Gasteiger partial charge in [0.15, 0.2) is 11.6 Å². The highest BCUT2D eigenvalue weighted by molar-refractivity contribution is 5.73. The number of aryl methyl sites for hydroxylation is 1. The van der Waals surface area contributed by atoms with Crippen LogP contribution < -0.4 is 4.74 Å². The van der Waals surface area contributed by atoms with Gasteiger partial charge in [-0.3, -0.25) is 4.79 Å². The Morgan fingerprint density at radius 3 is 2.43 bits per heavy atom.